The van der Waals surface area contributed by atoms with Gasteiger partial charge in [-0.3, -0.25) is 9.59 Å². The van der Waals surface area contributed by atoms with Gasteiger partial charge in [0.25, 0.3) is 0 Å². The van der Waals surface area contributed by atoms with Gasteiger partial charge >= 0.3 is 11.9 Å². The van der Waals surface area contributed by atoms with E-state index in [1.165, 1.54) is 33.3 Å². The number of carbonyl (C=O) groups is 2. The molecule has 0 aliphatic rings. The van der Waals surface area contributed by atoms with Gasteiger partial charge in [-0.05, 0) is 38.2 Å². The maximum absolute atomic E-state index is 11.2. The largest absolute Gasteiger partial charge is 0.469 e. The molecule has 4 heteroatoms. The van der Waals surface area contributed by atoms with Crippen molar-refractivity contribution in [2.75, 3.05) is 7.11 Å². The number of esters is 2. The second kappa shape index (κ2) is 18.7. The van der Waals surface area contributed by atoms with Crippen molar-refractivity contribution < 1.29 is 19.1 Å². The summed E-state index contributed by atoms with van der Waals surface area (Å²) < 4.78 is 9.91. The molecule has 0 amide bonds. The second-order valence-corrected chi connectivity index (χ2v) is 6.34. The lowest BCUT2D eigenvalue weighted by Crippen LogP contribution is -2.12. The van der Waals surface area contributed by atoms with Crippen molar-refractivity contribution in [1.29, 1.82) is 0 Å². The standard InChI is InChI=1S/C23H36O4/c1-4-5-6-7-12-15-18-22(27-21(2)24)19-16-13-10-8-9-11-14-17-20-23(25)26-3/h9-13,15-16,19,22H,4-8,14,17-18,20H2,1-3H3/b11-9-,13-10-,15-12-,19-16+/t22-/m1/s1. The molecule has 0 N–H and O–H groups in total. The van der Waals surface area contributed by atoms with E-state index in [4.69, 9.17) is 4.74 Å². The Morgan fingerprint density at radius 2 is 1.67 bits per heavy atom. The molecule has 1 atom stereocenters. The van der Waals surface area contributed by atoms with Crippen LogP contribution in [0.3, 0.4) is 0 Å². The van der Waals surface area contributed by atoms with E-state index >= 15 is 0 Å². The molecule has 0 aliphatic heterocycles. The Labute approximate surface area is 165 Å². The molecule has 0 fully saturated rings. The summed E-state index contributed by atoms with van der Waals surface area (Å²) in [5.74, 6) is -0.422. The lowest BCUT2D eigenvalue weighted by Gasteiger charge is -2.10. The third kappa shape index (κ3) is 18.5. The monoisotopic (exact) mass is 376 g/mol. The number of allylic oxidation sites excluding steroid dienone is 6. The van der Waals surface area contributed by atoms with E-state index in [0.717, 1.165) is 25.7 Å². The first-order valence-electron chi connectivity index (χ1n) is 9.97. The van der Waals surface area contributed by atoms with Gasteiger partial charge in [-0.25, -0.2) is 0 Å². The third-order valence-electron chi connectivity index (χ3n) is 3.82. The number of ether oxygens (including phenoxy) is 2. The molecule has 0 spiro atoms. The highest BCUT2D eigenvalue weighted by Crippen LogP contribution is 2.06. The van der Waals surface area contributed by atoms with Gasteiger partial charge in [0.2, 0.25) is 0 Å². The quantitative estimate of drug-likeness (QED) is 0.156. The van der Waals surface area contributed by atoms with Crippen LogP contribution in [0.1, 0.15) is 71.6 Å². The van der Waals surface area contributed by atoms with Crippen molar-refractivity contribution in [3.8, 4) is 0 Å². The van der Waals surface area contributed by atoms with Crippen LogP contribution in [0, 0.1) is 0 Å². The molecular weight excluding hydrogens is 340 g/mol. The van der Waals surface area contributed by atoms with Crippen molar-refractivity contribution in [1.82, 2.24) is 0 Å². The van der Waals surface area contributed by atoms with Crippen LogP contribution in [-0.4, -0.2) is 25.2 Å². The van der Waals surface area contributed by atoms with Gasteiger partial charge in [-0.15, -0.1) is 0 Å². The van der Waals surface area contributed by atoms with Crippen molar-refractivity contribution in [3.05, 3.63) is 48.6 Å². The molecule has 4 nitrogen and oxygen atoms in total. The van der Waals surface area contributed by atoms with Gasteiger partial charge in [0.1, 0.15) is 6.10 Å². The molecule has 0 aromatic carbocycles. The minimum absolute atomic E-state index is 0.161. The highest BCUT2D eigenvalue weighted by molar-refractivity contribution is 5.69. The highest BCUT2D eigenvalue weighted by atomic mass is 16.5. The van der Waals surface area contributed by atoms with E-state index < -0.39 is 0 Å². The predicted octanol–water partition coefficient (Wildman–Crippen LogP) is 5.85. The Morgan fingerprint density at radius 3 is 2.37 bits per heavy atom. The fourth-order valence-electron chi connectivity index (χ4n) is 2.34. The summed E-state index contributed by atoms with van der Waals surface area (Å²) in [6, 6.07) is 0. The number of unbranched alkanes of at least 4 members (excludes halogenated alkanes) is 4. The Kier molecular flexibility index (Phi) is 17.2. The first-order chi connectivity index (χ1) is 13.1. The van der Waals surface area contributed by atoms with E-state index in [-0.39, 0.29) is 18.0 Å². The zero-order valence-electron chi connectivity index (χ0n) is 17.2. The molecule has 0 rings (SSSR count). The van der Waals surface area contributed by atoms with E-state index in [1.807, 2.05) is 24.3 Å². The van der Waals surface area contributed by atoms with Gasteiger partial charge in [0.05, 0.1) is 7.11 Å². The Balaban J connectivity index is 4.08. The van der Waals surface area contributed by atoms with Crippen molar-refractivity contribution in [3.63, 3.8) is 0 Å². The van der Waals surface area contributed by atoms with Crippen LogP contribution in [0.2, 0.25) is 0 Å². The second-order valence-electron chi connectivity index (χ2n) is 6.34. The topological polar surface area (TPSA) is 52.6 Å². The summed E-state index contributed by atoms with van der Waals surface area (Å²) in [4.78, 5) is 22.2. The average Bonchev–Trinajstić information content (AvgIpc) is 2.64. The number of hydrogen-bond donors (Lipinski definition) is 0. The number of rotatable bonds is 15. The van der Waals surface area contributed by atoms with Gasteiger partial charge in [0.15, 0.2) is 0 Å². The molecule has 0 unspecified atom stereocenters. The van der Waals surface area contributed by atoms with Gasteiger partial charge in [0, 0.05) is 19.8 Å². The maximum Gasteiger partial charge on any atom is 0.305 e. The Morgan fingerprint density at radius 1 is 0.926 bits per heavy atom. The fraction of sp³-hybridized carbons (Fsp3) is 0.565. The molecule has 0 saturated carbocycles. The Bertz CT molecular complexity index is 501. The zero-order valence-corrected chi connectivity index (χ0v) is 17.2. The number of methoxy groups -OCH3 is 1. The summed E-state index contributed by atoms with van der Waals surface area (Å²) in [5.41, 5.74) is 0. The van der Waals surface area contributed by atoms with Crippen LogP contribution in [0.15, 0.2) is 48.6 Å². The van der Waals surface area contributed by atoms with E-state index in [9.17, 15) is 9.59 Å². The van der Waals surface area contributed by atoms with Crippen LogP contribution in [0.25, 0.3) is 0 Å². The average molecular weight is 377 g/mol. The molecule has 152 valence electrons. The fourth-order valence-corrected chi connectivity index (χ4v) is 2.34. The molecule has 0 radical (unpaired) electrons. The maximum atomic E-state index is 11.2. The summed E-state index contributed by atoms with van der Waals surface area (Å²) >= 11 is 0. The van der Waals surface area contributed by atoms with Gasteiger partial charge in [-0.2, -0.15) is 0 Å². The number of carbonyl (C=O) groups excluding carboxylic acids is 2. The van der Waals surface area contributed by atoms with Crippen molar-refractivity contribution in [2.24, 2.45) is 0 Å². The van der Waals surface area contributed by atoms with Gasteiger partial charge < -0.3 is 9.47 Å². The van der Waals surface area contributed by atoms with Crippen molar-refractivity contribution >= 4 is 11.9 Å². The minimum Gasteiger partial charge on any atom is -0.469 e. The smallest absolute Gasteiger partial charge is 0.305 e. The van der Waals surface area contributed by atoms with Crippen LogP contribution in [-0.2, 0) is 19.1 Å². The molecule has 0 aromatic heterocycles. The normalized spacial score (nSPS) is 13.1. The predicted molar refractivity (Wildman–Crippen MR) is 111 cm³/mol. The first kappa shape index (κ1) is 24.9. The molecule has 0 heterocycles. The highest BCUT2D eigenvalue weighted by Gasteiger charge is 2.05. The SMILES string of the molecule is CCCCC/C=C\C[C@H](/C=C/C=C\C/C=C\CCCC(=O)OC)OC(C)=O. The lowest BCUT2D eigenvalue weighted by atomic mass is 10.1. The summed E-state index contributed by atoms with van der Waals surface area (Å²) in [6.07, 6.45) is 24.5. The van der Waals surface area contributed by atoms with Crippen LogP contribution in [0.4, 0.5) is 0 Å². The van der Waals surface area contributed by atoms with Crippen LogP contribution < -0.4 is 0 Å². The zero-order chi connectivity index (χ0) is 20.2. The molecule has 0 bridgehead atoms. The summed E-state index contributed by atoms with van der Waals surface area (Å²) in [6.45, 7) is 3.63. The third-order valence-corrected chi connectivity index (χ3v) is 3.82. The van der Waals surface area contributed by atoms with Crippen LogP contribution >= 0.6 is 0 Å². The van der Waals surface area contributed by atoms with Crippen LogP contribution in [0.5, 0.6) is 0 Å². The molecule has 0 saturated heterocycles. The van der Waals surface area contributed by atoms with E-state index in [2.05, 4.69) is 36.0 Å². The Hall–Kier alpha value is -2.10. The first-order valence-corrected chi connectivity index (χ1v) is 9.97. The molecular formula is C23H36O4. The molecule has 0 aliphatic carbocycles. The van der Waals surface area contributed by atoms with Crippen molar-refractivity contribution in [2.45, 2.75) is 77.7 Å². The summed E-state index contributed by atoms with van der Waals surface area (Å²) in [7, 11) is 1.41. The molecule has 0 aromatic rings. The minimum atomic E-state index is -0.261. The lowest BCUT2D eigenvalue weighted by molar-refractivity contribution is -0.144. The number of hydrogen-bond acceptors (Lipinski definition) is 4. The van der Waals surface area contributed by atoms with E-state index in [0.29, 0.717) is 12.8 Å². The summed E-state index contributed by atoms with van der Waals surface area (Å²) in [5, 5.41) is 0. The van der Waals surface area contributed by atoms with Gasteiger partial charge in [-0.1, -0.05) is 62.3 Å². The molecule has 27 heavy (non-hydrogen) atoms. The van der Waals surface area contributed by atoms with E-state index in [1.54, 1.807) is 0 Å².